The molecule has 0 saturated carbocycles. The average molecular weight is 514 g/mol. The van der Waals surface area contributed by atoms with Crippen LogP contribution in [0.25, 0.3) is 17.0 Å². The minimum atomic E-state index is -0.283. The van der Waals surface area contributed by atoms with Crippen molar-refractivity contribution in [1.29, 1.82) is 0 Å². The Morgan fingerprint density at radius 2 is 1.89 bits per heavy atom. The van der Waals surface area contributed by atoms with Gasteiger partial charge >= 0.3 is 0 Å². The van der Waals surface area contributed by atoms with Crippen molar-refractivity contribution in [3.63, 3.8) is 0 Å². The molecule has 3 amide bonds. The Balaban J connectivity index is 1.38. The maximum atomic E-state index is 13.1. The summed E-state index contributed by atoms with van der Waals surface area (Å²) in [5.41, 5.74) is 3.93. The molecule has 7 nitrogen and oxygen atoms in total. The van der Waals surface area contributed by atoms with E-state index in [-0.39, 0.29) is 23.6 Å². The third-order valence-electron chi connectivity index (χ3n) is 6.37. The number of thioether (sulfide) groups is 1. The second-order valence-corrected chi connectivity index (χ2v) is 9.80. The fourth-order valence-corrected chi connectivity index (χ4v) is 5.38. The first kappa shape index (κ1) is 24.6. The van der Waals surface area contributed by atoms with Gasteiger partial charge < -0.3 is 14.3 Å². The summed E-state index contributed by atoms with van der Waals surface area (Å²) in [6.07, 6.45) is 6.63. The van der Waals surface area contributed by atoms with Crippen molar-refractivity contribution in [3.8, 4) is 0 Å². The summed E-state index contributed by atoms with van der Waals surface area (Å²) in [7, 11) is 0. The Hall–Kier alpha value is -4.04. The molecule has 188 valence electrons. The predicted molar refractivity (Wildman–Crippen MR) is 145 cm³/mol. The summed E-state index contributed by atoms with van der Waals surface area (Å²) in [5, 5.41) is 3.56. The van der Waals surface area contributed by atoms with Crippen LogP contribution in [-0.2, 0) is 35.5 Å². The van der Waals surface area contributed by atoms with Gasteiger partial charge in [0.2, 0.25) is 5.91 Å². The molecule has 5 rings (SSSR count). The van der Waals surface area contributed by atoms with Crippen LogP contribution in [-0.4, -0.2) is 33.1 Å². The van der Waals surface area contributed by atoms with E-state index in [1.165, 1.54) is 4.90 Å². The molecule has 0 unspecified atom stereocenters. The molecule has 0 aliphatic carbocycles. The molecular formula is C29H27N3O4S. The van der Waals surface area contributed by atoms with E-state index in [9.17, 15) is 14.4 Å². The van der Waals surface area contributed by atoms with Gasteiger partial charge in [0.25, 0.3) is 11.1 Å². The van der Waals surface area contributed by atoms with Crippen LogP contribution in [0.4, 0.5) is 4.79 Å². The van der Waals surface area contributed by atoms with Gasteiger partial charge in [-0.05, 0) is 53.9 Å². The highest BCUT2D eigenvalue weighted by Crippen LogP contribution is 2.35. The number of furan rings is 1. The van der Waals surface area contributed by atoms with Crippen LogP contribution in [0.5, 0.6) is 0 Å². The fourth-order valence-electron chi connectivity index (χ4n) is 4.52. The van der Waals surface area contributed by atoms with E-state index < -0.39 is 0 Å². The van der Waals surface area contributed by atoms with Gasteiger partial charge in [-0.15, -0.1) is 0 Å². The summed E-state index contributed by atoms with van der Waals surface area (Å²) < 4.78 is 7.21. The van der Waals surface area contributed by atoms with E-state index in [4.69, 9.17) is 4.42 Å². The van der Waals surface area contributed by atoms with Gasteiger partial charge in [-0.25, -0.2) is 0 Å². The number of carbonyl (C=O) groups excluding carboxylic acids is 3. The monoisotopic (exact) mass is 513 g/mol. The Labute approximate surface area is 219 Å². The van der Waals surface area contributed by atoms with Gasteiger partial charge in [0.1, 0.15) is 12.3 Å². The minimum Gasteiger partial charge on any atom is -0.467 e. The number of aromatic nitrogens is 1. The Bertz CT molecular complexity index is 1470. The number of hydrogen-bond acceptors (Lipinski definition) is 5. The van der Waals surface area contributed by atoms with Crippen LogP contribution in [0.15, 0.2) is 82.4 Å². The van der Waals surface area contributed by atoms with E-state index >= 15 is 0 Å². The quantitative estimate of drug-likeness (QED) is 0.303. The molecule has 3 heterocycles. The largest absolute Gasteiger partial charge is 0.467 e. The zero-order valence-corrected chi connectivity index (χ0v) is 21.3. The minimum absolute atomic E-state index is 0.126. The summed E-state index contributed by atoms with van der Waals surface area (Å²) >= 11 is 0.960. The maximum absolute atomic E-state index is 13.1. The number of carbonyl (C=O) groups is 3. The lowest BCUT2D eigenvalue weighted by molar-refractivity contribution is -0.123. The molecule has 0 radical (unpaired) electrons. The lowest BCUT2D eigenvalue weighted by atomic mass is 10.1. The van der Waals surface area contributed by atoms with Crippen LogP contribution < -0.4 is 5.32 Å². The van der Waals surface area contributed by atoms with Crippen molar-refractivity contribution in [2.45, 2.75) is 32.9 Å². The van der Waals surface area contributed by atoms with Gasteiger partial charge in [-0.3, -0.25) is 19.3 Å². The van der Waals surface area contributed by atoms with E-state index in [0.717, 1.165) is 45.8 Å². The first-order valence-electron chi connectivity index (χ1n) is 12.2. The van der Waals surface area contributed by atoms with E-state index in [0.29, 0.717) is 30.2 Å². The van der Waals surface area contributed by atoms with E-state index in [2.05, 4.69) is 12.2 Å². The Kier molecular flexibility index (Phi) is 7.28. The Morgan fingerprint density at radius 1 is 1.05 bits per heavy atom. The van der Waals surface area contributed by atoms with Gasteiger partial charge in [0.05, 0.1) is 23.2 Å². The summed E-state index contributed by atoms with van der Waals surface area (Å²) in [6, 6.07) is 19.4. The number of imide groups is 1. The normalized spacial score (nSPS) is 14.7. The number of aryl methyl sites for hydroxylation is 1. The molecule has 2 aromatic heterocycles. The molecule has 1 fully saturated rings. The van der Waals surface area contributed by atoms with Crippen molar-refractivity contribution in [1.82, 2.24) is 14.8 Å². The number of amides is 3. The van der Waals surface area contributed by atoms with Crippen molar-refractivity contribution in [2.24, 2.45) is 0 Å². The maximum Gasteiger partial charge on any atom is 0.293 e. The van der Waals surface area contributed by atoms with Gasteiger partial charge in [0.15, 0.2) is 0 Å². The third kappa shape index (κ3) is 5.39. The standard InChI is InChI=1S/C29H27N3O4S/c1-2-21-10-6-12-24-22(18-31(27(21)24)19-26(33)30-17-23-11-7-15-36-23)16-25-28(34)32(29(35)37-25)14-13-20-8-4-3-5-9-20/h3-12,15-16,18H,2,13-14,17,19H2,1H3,(H,30,33)/b25-16-. The molecule has 37 heavy (non-hydrogen) atoms. The number of rotatable bonds is 9. The molecule has 1 aliphatic heterocycles. The summed E-state index contributed by atoms with van der Waals surface area (Å²) in [6.45, 7) is 2.85. The summed E-state index contributed by atoms with van der Waals surface area (Å²) in [4.78, 5) is 40.2. The zero-order chi connectivity index (χ0) is 25.8. The van der Waals surface area contributed by atoms with Crippen molar-refractivity contribution < 1.29 is 18.8 Å². The molecule has 0 atom stereocenters. The molecule has 0 bridgehead atoms. The highest BCUT2D eigenvalue weighted by Gasteiger charge is 2.34. The van der Waals surface area contributed by atoms with Gasteiger partial charge in [-0.1, -0.05) is 55.5 Å². The van der Waals surface area contributed by atoms with Crippen LogP contribution in [0.3, 0.4) is 0 Å². The van der Waals surface area contributed by atoms with Crippen molar-refractivity contribution in [3.05, 3.63) is 100 Å². The number of hydrogen-bond donors (Lipinski definition) is 1. The van der Waals surface area contributed by atoms with E-state index in [1.54, 1.807) is 18.4 Å². The highest BCUT2D eigenvalue weighted by atomic mass is 32.2. The number of benzene rings is 2. The third-order valence-corrected chi connectivity index (χ3v) is 7.28. The molecule has 1 saturated heterocycles. The van der Waals surface area contributed by atoms with E-state index in [1.807, 2.05) is 65.4 Å². The van der Waals surface area contributed by atoms with Crippen LogP contribution >= 0.6 is 11.8 Å². The molecule has 0 spiro atoms. The number of fused-ring (bicyclic) bond motifs is 1. The predicted octanol–water partition coefficient (Wildman–Crippen LogP) is 5.39. The molecular weight excluding hydrogens is 486 g/mol. The van der Waals surface area contributed by atoms with Crippen LogP contribution in [0, 0.1) is 0 Å². The van der Waals surface area contributed by atoms with Gasteiger partial charge in [0, 0.05) is 23.7 Å². The smallest absolute Gasteiger partial charge is 0.293 e. The lowest BCUT2D eigenvalue weighted by Crippen LogP contribution is -2.30. The number of para-hydroxylation sites is 1. The Morgan fingerprint density at radius 3 is 2.65 bits per heavy atom. The first-order chi connectivity index (χ1) is 18.0. The highest BCUT2D eigenvalue weighted by molar-refractivity contribution is 8.18. The first-order valence-corrected chi connectivity index (χ1v) is 13.0. The van der Waals surface area contributed by atoms with Crippen molar-refractivity contribution in [2.75, 3.05) is 6.54 Å². The second kappa shape index (κ2) is 10.9. The molecule has 1 N–H and O–H groups in total. The zero-order valence-electron chi connectivity index (χ0n) is 20.5. The molecule has 1 aliphatic rings. The van der Waals surface area contributed by atoms with Crippen molar-refractivity contribution >= 4 is 45.8 Å². The van der Waals surface area contributed by atoms with Crippen LogP contribution in [0.2, 0.25) is 0 Å². The van der Waals surface area contributed by atoms with Gasteiger partial charge in [-0.2, -0.15) is 0 Å². The SMILES string of the molecule is CCc1cccc2c(/C=C3\SC(=O)N(CCc4ccccc4)C3=O)cn(CC(=O)NCc3ccco3)c12. The topological polar surface area (TPSA) is 84.5 Å². The number of nitrogens with one attached hydrogen (secondary N) is 1. The fraction of sp³-hybridized carbons (Fsp3) is 0.207. The second-order valence-electron chi connectivity index (χ2n) is 8.80. The molecule has 8 heteroatoms. The molecule has 2 aromatic carbocycles. The summed E-state index contributed by atoms with van der Waals surface area (Å²) in [5.74, 6) is 0.255. The lowest BCUT2D eigenvalue weighted by Gasteiger charge is -2.12. The van der Waals surface area contributed by atoms with Crippen LogP contribution in [0.1, 0.15) is 29.4 Å². The average Bonchev–Trinajstić information content (AvgIpc) is 3.62. The number of nitrogens with zero attached hydrogens (tertiary/aromatic N) is 2. The molecule has 4 aromatic rings.